The van der Waals surface area contributed by atoms with Crippen LogP contribution in [-0.4, -0.2) is 9.55 Å². The number of hydrogen-bond donors (Lipinski definition) is 0. The number of fused-ring (bicyclic) bond motifs is 1. The molecule has 1 heterocycles. The van der Waals surface area contributed by atoms with Crippen LogP contribution in [0.25, 0.3) is 16.7 Å². The van der Waals surface area contributed by atoms with Crippen molar-refractivity contribution in [3.05, 3.63) is 58.9 Å². The first-order chi connectivity index (χ1) is 10.1. The van der Waals surface area contributed by atoms with E-state index >= 15 is 0 Å². The lowest BCUT2D eigenvalue weighted by atomic mass is 10.2. The van der Waals surface area contributed by atoms with Crippen molar-refractivity contribution in [1.82, 2.24) is 9.55 Å². The lowest BCUT2D eigenvalue weighted by Gasteiger charge is -2.11. The molecule has 0 fully saturated rings. The molecule has 104 valence electrons. The molecule has 5 heteroatoms. The molecule has 3 rings (SSSR count). The fourth-order valence-electron chi connectivity index (χ4n) is 2.32. The normalized spacial score (nSPS) is 12.3. The average Bonchev–Trinajstić information content (AvgIpc) is 2.86. The summed E-state index contributed by atoms with van der Waals surface area (Å²) in [4.78, 5) is 4.57. The SMILES string of the molecule is CC(Cl)c1nc2ccc(Cl)cc2n1-c1cccc(C#N)c1. The van der Waals surface area contributed by atoms with E-state index in [1.54, 1.807) is 12.1 Å². The van der Waals surface area contributed by atoms with Gasteiger partial charge in [0.2, 0.25) is 0 Å². The van der Waals surface area contributed by atoms with Crippen molar-refractivity contribution in [2.45, 2.75) is 12.3 Å². The summed E-state index contributed by atoms with van der Waals surface area (Å²) >= 11 is 12.4. The fourth-order valence-corrected chi connectivity index (χ4v) is 2.63. The van der Waals surface area contributed by atoms with Gasteiger partial charge in [0.25, 0.3) is 0 Å². The number of nitrogens with zero attached hydrogens (tertiary/aromatic N) is 3. The van der Waals surface area contributed by atoms with Gasteiger partial charge in [-0.25, -0.2) is 4.98 Å². The molecule has 1 atom stereocenters. The van der Waals surface area contributed by atoms with Gasteiger partial charge in [0.1, 0.15) is 5.82 Å². The number of halogens is 2. The number of hydrogen-bond acceptors (Lipinski definition) is 2. The van der Waals surface area contributed by atoms with E-state index in [-0.39, 0.29) is 5.38 Å². The Morgan fingerprint density at radius 1 is 1.24 bits per heavy atom. The third kappa shape index (κ3) is 2.49. The number of benzene rings is 2. The molecule has 0 spiro atoms. The highest BCUT2D eigenvalue weighted by molar-refractivity contribution is 6.31. The minimum absolute atomic E-state index is 0.262. The second-order valence-corrected chi connectivity index (χ2v) is 5.81. The highest BCUT2D eigenvalue weighted by Gasteiger charge is 2.16. The largest absolute Gasteiger partial charge is 0.295 e. The van der Waals surface area contributed by atoms with Crippen LogP contribution in [0.1, 0.15) is 23.7 Å². The Bertz CT molecular complexity index is 860. The molecule has 0 saturated carbocycles. The molecule has 0 amide bonds. The predicted octanol–water partition coefficient (Wildman–Crippen LogP) is 4.85. The summed E-state index contributed by atoms with van der Waals surface area (Å²) in [6, 6.07) is 15.0. The summed E-state index contributed by atoms with van der Waals surface area (Å²) in [6.07, 6.45) is 0. The summed E-state index contributed by atoms with van der Waals surface area (Å²) in [7, 11) is 0. The summed E-state index contributed by atoms with van der Waals surface area (Å²) in [6.45, 7) is 1.87. The number of aromatic nitrogens is 2. The number of rotatable bonds is 2. The third-order valence-corrected chi connectivity index (χ3v) is 3.66. The van der Waals surface area contributed by atoms with Crippen molar-refractivity contribution >= 4 is 34.2 Å². The molecule has 1 unspecified atom stereocenters. The van der Waals surface area contributed by atoms with Crippen molar-refractivity contribution < 1.29 is 0 Å². The zero-order valence-corrected chi connectivity index (χ0v) is 12.7. The molecule has 0 N–H and O–H groups in total. The van der Waals surface area contributed by atoms with Gasteiger partial charge in [-0.2, -0.15) is 5.26 Å². The molecule has 0 bridgehead atoms. The summed E-state index contributed by atoms with van der Waals surface area (Å²) < 4.78 is 1.94. The maximum atomic E-state index is 9.07. The summed E-state index contributed by atoms with van der Waals surface area (Å²) in [5.41, 5.74) is 3.13. The van der Waals surface area contributed by atoms with Crippen molar-refractivity contribution in [2.24, 2.45) is 0 Å². The molecule has 21 heavy (non-hydrogen) atoms. The molecule has 0 aliphatic carbocycles. The summed E-state index contributed by atoms with van der Waals surface area (Å²) in [5, 5.41) is 9.44. The molecule has 2 aromatic carbocycles. The first-order valence-corrected chi connectivity index (χ1v) is 7.24. The lowest BCUT2D eigenvalue weighted by Crippen LogP contribution is -2.02. The molecule has 3 nitrogen and oxygen atoms in total. The zero-order chi connectivity index (χ0) is 15.0. The van der Waals surface area contributed by atoms with Crippen LogP contribution in [0.5, 0.6) is 0 Å². The van der Waals surface area contributed by atoms with Gasteiger partial charge in [0, 0.05) is 10.7 Å². The Morgan fingerprint density at radius 3 is 2.76 bits per heavy atom. The van der Waals surface area contributed by atoms with E-state index in [1.165, 1.54) is 0 Å². The molecular formula is C16H11Cl2N3. The standard InChI is InChI=1S/C16H11Cl2N3/c1-10(17)16-20-14-6-5-12(18)8-15(14)21(16)13-4-2-3-11(7-13)9-19/h2-8,10H,1H3. The van der Waals surface area contributed by atoms with Gasteiger partial charge in [-0.05, 0) is 43.3 Å². The minimum Gasteiger partial charge on any atom is -0.295 e. The van der Waals surface area contributed by atoms with E-state index in [0.29, 0.717) is 10.6 Å². The van der Waals surface area contributed by atoms with Crippen LogP contribution in [0, 0.1) is 11.3 Å². The van der Waals surface area contributed by atoms with Crippen molar-refractivity contribution in [2.75, 3.05) is 0 Å². The van der Waals surface area contributed by atoms with Gasteiger partial charge < -0.3 is 0 Å². The van der Waals surface area contributed by atoms with Crippen LogP contribution in [0.3, 0.4) is 0 Å². The van der Waals surface area contributed by atoms with Crippen LogP contribution >= 0.6 is 23.2 Å². The topological polar surface area (TPSA) is 41.6 Å². The van der Waals surface area contributed by atoms with Gasteiger partial charge in [-0.3, -0.25) is 4.57 Å². The van der Waals surface area contributed by atoms with E-state index in [9.17, 15) is 0 Å². The van der Waals surface area contributed by atoms with Crippen molar-refractivity contribution in [3.63, 3.8) is 0 Å². The average molecular weight is 316 g/mol. The van der Waals surface area contributed by atoms with Crippen LogP contribution in [0.4, 0.5) is 0 Å². The second kappa shape index (κ2) is 5.40. The Kier molecular flexibility index (Phi) is 3.59. The first kappa shape index (κ1) is 13.9. The van der Waals surface area contributed by atoms with E-state index in [2.05, 4.69) is 11.1 Å². The molecule has 0 saturated heterocycles. The maximum Gasteiger partial charge on any atom is 0.132 e. The first-order valence-electron chi connectivity index (χ1n) is 6.42. The third-order valence-electron chi connectivity index (χ3n) is 3.23. The van der Waals surface area contributed by atoms with Crippen LogP contribution in [-0.2, 0) is 0 Å². The van der Waals surface area contributed by atoms with Crippen LogP contribution < -0.4 is 0 Å². The van der Waals surface area contributed by atoms with Crippen molar-refractivity contribution in [1.29, 1.82) is 5.26 Å². The maximum absolute atomic E-state index is 9.07. The van der Waals surface area contributed by atoms with E-state index in [0.717, 1.165) is 22.5 Å². The monoisotopic (exact) mass is 315 g/mol. The smallest absolute Gasteiger partial charge is 0.132 e. The highest BCUT2D eigenvalue weighted by Crippen LogP contribution is 2.29. The summed E-state index contributed by atoms with van der Waals surface area (Å²) in [5.74, 6) is 0.726. The molecule has 0 aliphatic heterocycles. The molecule has 0 aliphatic rings. The Morgan fingerprint density at radius 2 is 2.05 bits per heavy atom. The number of imidazole rings is 1. The number of alkyl halides is 1. The lowest BCUT2D eigenvalue weighted by molar-refractivity contribution is 0.882. The van der Waals surface area contributed by atoms with Crippen LogP contribution in [0.15, 0.2) is 42.5 Å². The Labute approximate surface area is 132 Å². The molecule has 3 aromatic rings. The van der Waals surface area contributed by atoms with E-state index in [4.69, 9.17) is 28.5 Å². The molecule has 1 aromatic heterocycles. The van der Waals surface area contributed by atoms with Gasteiger partial charge in [-0.1, -0.05) is 17.7 Å². The van der Waals surface area contributed by atoms with Crippen LogP contribution in [0.2, 0.25) is 5.02 Å². The predicted molar refractivity (Wildman–Crippen MR) is 85.1 cm³/mol. The zero-order valence-electron chi connectivity index (χ0n) is 11.2. The molecular weight excluding hydrogens is 305 g/mol. The fraction of sp³-hybridized carbons (Fsp3) is 0.125. The van der Waals surface area contributed by atoms with Gasteiger partial charge in [-0.15, -0.1) is 11.6 Å². The van der Waals surface area contributed by atoms with E-state index in [1.807, 2.05) is 41.8 Å². The Balaban J connectivity index is 2.35. The molecule has 0 radical (unpaired) electrons. The quantitative estimate of drug-likeness (QED) is 0.634. The van der Waals surface area contributed by atoms with E-state index < -0.39 is 0 Å². The Hall–Kier alpha value is -2.02. The second-order valence-electron chi connectivity index (χ2n) is 4.72. The van der Waals surface area contributed by atoms with Gasteiger partial charge in [0.15, 0.2) is 0 Å². The van der Waals surface area contributed by atoms with Gasteiger partial charge in [0.05, 0.1) is 28.0 Å². The van der Waals surface area contributed by atoms with Crippen molar-refractivity contribution in [3.8, 4) is 11.8 Å². The number of nitriles is 1. The minimum atomic E-state index is -0.262. The highest BCUT2D eigenvalue weighted by atomic mass is 35.5. The van der Waals surface area contributed by atoms with Gasteiger partial charge >= 0.3 is 0 Å².